The highest BCUT2D eigenvalue weighted by Crippen LogP contribution is 2.22. The van der Waals surface area contributed by atoms with Gasteiger partial charge in [0.05, 0.1) is 26.7 Å². The van der Waals surface area contributed by atoms with E-state index in [2.05, 4.69) is 20.9 Å². The first kappa shape index (κ1) is 13.0. The molecule has 1 saturated heterocycles. The molecular weight excluding hydrogens is 182 g/mol. The number of nitrogens with zero attached hydrogens (tertiary/aromatic N) is 1. The van der Waals surface area contributed by atoms with E-state index in [4.69, 9.17) is 0 Å². The zero-order valence-electron chi connectivity index (χ0n) is 11.1. The average molecular weight is 212 g/mol. The van der Waals surface area contributed by atoms with Crippen LogP contribution in [0.5, 0.6) is 0 Å². The van der Waals surface area contributed by atoms with E-state index in [1.807, 2.05) is 0 Å². The summed E-state index contributed by atoms with van der Waals surface area (Å²) in [7, 11) is 2.46. The van der Waals surface area contributed by atoms with Crippen molar-refractivity contribution in [1.82, 2.24) is 0 Å². The molecule has 0 saturated carbocycles. The smallest absolute Gasteiger partial charge is 0.0787 e. The second-order valence-corrected chi connectivity index (χ2v) is 5.89. The minimum atomic E-state index is 0.983. The molecule has 0 bridgehead atoms. The topological polar surface area (TPSA) is 0 Å². The summed E-state index contributed by atoms with van der Waals surface area (Å²) >= 11 is 0. The third kappa shape index (κ3) is 5.01. The van der Waals surface area contributed by atoms with Crippen molar-refractivity contribution in [2.45, 2.75) is 58.8 Å². The van der Waals surface area contributed by atoms with Gasteiger partial charge in [0.25, 0.3) is 0 Å². The summed E-state index contributed by atoms with van der Waals surface area (Å²) in [4.78, 5) is 0. The van der Waals surface area contributed by atoms with Gasteiger partial charge >= 0.3 is 0 Å². The van der Waals surface area contributed by atoms with Crippen LogP contribution >= 0.6 is 0 Å². The predicted molar refractivity (Wildman–Crippen MR) is 67.9 cm³/mol. The predicted octanol–water partition coefficient (Wildman–Crippen LogP) is 3.83. The maximum Gasteiger partial charge on any atom is 0.0787 e. The van der Waals surface area contributed by atoms with E-state index in [1.165, 1.54) is 69.1 Å². The van der Waals surface area contributed by atoms with E-state index >= 15 is 0 Å². The molecule has 1 heteroatoms. The van der Waals surface area contributed by atoms with Gasteiger partial charge in [-0.2, -0.15) is 0 Å². The van der Waals surface area contributed by atoms with Crippen molar-refractivity contribution in [2.75, 3.05) is 26.7 Å². The number of likely N-dealkylation sites (tertiary alicyclic amines) is 1. The highest BCUT2D eigenvalue weighted by molar-refractivity contribution is 4.59. The van der Waals surface area contributed by atoms with Gasteiger partial charge in [-0.15, -0.1) is 0 Å². The lowest BCUT2D eigenvalue weighted by Gasteiger charge is -2.40. The second-order valence-electron chi connectivity index (χ2n) is 5.89. The van der Waals surface area contributed by atoms with Crippen molar-refractivity contribution in [3.63, 3.8) is 0 Å². The molecule has 0 atom stereocenters. The fraction of sp³-hybridized carbons (Fsp3) is 1.00. The summed E-state index contributed by atoms with van der Waals surface area (Å²) in [5.74, 6) is 0.983. The number of quaternary nitrogens is 1. The van der Waals surface area contributed by atoms with Crippen LogP contribution in [0.1, 0.15) is 58.8 Å². The molecule has 0 radical (unpaired) electrons. The molecule has 1 aliphatic rings. The first-order chi connectivity index (χ1) is 7.16. The van der Waals surface area contributed by atoms with Gasteiger partial charge in [0, 0.05) is 0 Å². The van der Waals surface area contributed by atoms with Crippen molar-refractivity contribution in [3.05, 3.63) is 0 Å². The Labute approximate surface area is 96.4 Å². The van der Waals surface area contributed by atoms with E-state index < -0.39 is 0 Å². The molecule has 0 unspecified atom stereocenters. The summed E-state index contributed by atoms with van der Waals surface area (Å²) in [6.45, 7) is 8.98. The molecule has 15 heavy (non-hydrogen) atoms. The summed E-state index contributed by atoms with van der Waals surface area (Å²) < 4.78 is 1.36. The second kappa shape index (κ2) is 6.52. The fourth-order valence-corrected chi connectivity index (χ4v) is 2.64. The molecule has 1 rings (SSSR count). The molecule has 1 aliphatic heterocycles. The average Bonchev–Trinajstić information content (AvgIpc) is 2.23. The van der Waals surface area contributed by atoms with Gasteiger partial charge in [0.15, 0.2) is 0 Å². The first-order valence-corrected chi connectivity index (χ1v) is 7.00. The highest BCUT2D eigenvalue weighted by atomic mass is 15.3. The Morgan fingerprint density at radius 1 is 1.00 bits per heavy atom. The first-order valence-electron chi connectivity index (χ1n) is 7.00. The summed E-state index contributed by atoms with van der Waals surface area (Å²) in [5.41, 5.74) is 0. The molecule has 0 amide bonds. The van der Waals surface area contributed by atoms with Crippen molar-refractivity contribution >= 4 is 0 Å². The van der Waals surface area contributed by atoms with Crippen molar-refractivity contribution in [3.8, 4) is 0 Å². The van der Waals surface area contributed by atoms with E-state index in [1.54, 1.807) is 0 Å². The number of hydrogen-bond acceptors (Lipinski definition) is 0. The normalized spacial score (nSPS) is 31.8. The summed E-state index contributed by atoms with van der Waals surface area (Å²) in [6, 6.07) is 0. The van der Waals surface area contributed by atoms with Crippen LogP contribution in [-0.2, 0) is 0 Å². The molecular formula is C14H30N+. The number of unbranched alkanes of at least 4 members (excludes halogenated alkanes) is 4. The maximum atomic E-state index is 2.46. The Kier molecular flexibility index (Phi) is 5.66. The molecule has 0 spiro atoms. The monoisotopic (exact) mass is 212 g/mol. The highest BCUT2D eigenvalue weighted by Gasteiger charge is 2.27. The largest absolute Gasteiger partial charge is 0.326 e. The molecule has 0 aliphatic carbocycles. The molecule has 1 fully saturated rings. The minimum absolute atomic E-state index is 0.983. The number of hydrogen-bond donors (Lipinski definition) is 0. The standard InChI is InChI=1S/C14H30N/c1-4-5-6-7-8-11-15(3)12-9-14(2)10-13-15/h14H,4-13H2,1-3H3/q+1. The zero-order chi connectivity index (χ0) is 11.1. The summed E-state index contributed by atoms with van der Waals surface area (Å²) in [5, 5.41) is 0. The van der Waals surface area contributed by atoms with Gasteiger partial charge in [-0.25, -0.2) is 0 Å². The van der Waals surface area contributed by atoms with Gasteiger partial charge in [0.2, 0.25) is 0 Å². The minimum Gasteiger partial charge on any atom is -0.326 e. The lowest BCUT2D eigenvalue weighted by Crippen LogP contribution is -2.49. The molecule has 0 aromatic carbocycles. The Morgan fingerprint density at radius 3 is 2.20 bits per heavy atom. The number of rotatable bonds is 6. The Hall–Kier alpha value is -0.0400. The number of piperidine rings is 1. The molecule has 1 heterocycles. The van der Waals surface area contributed by atoms with Gasteiger partial charge < -0.3 is 4.48 Å². The Morgan fingerprint density at radius 2 is 1.60 bits per heavy atom. The van der Waals surface area contributed by atoms with Crippen LogP contribution in [0.15, 0.2) is 0 Å². The lowest BCUT2D eigenvalue weighted by molar-refractivity contribution is -0.915. The van der Waals surface area contributed by atoms with Crippen LogP contribution in [0.25, 0.3) is 0 Å². The molecule has 1 nitrogen and oxygen atoms in total. The molecule has 0 aromatic heterocycles. The quantitative estimate of drug-likeness (QED) is 0.463. The summed E-state index contributed by atoms with van der Waals surface area (Å²) in [6.07, 6.45) is 10.1. The van der Waals surface area contributed by atoms with Crippen LogP contribution < -0.4 is 0 Å². The van der Waals surface area contributed by atoms with Crippen molar-refractivity contribution in [1.29, 1.82) is 0 Å². The van der Waals surface area contributed by atoms with E-state index in [0.29, 0.717) is 0 Å². The molecule has 0 aromatic rings. The molecule has 0 N–H and O–H groups in total. The van der Waals surface area contributed by atoms with Crippen LogP contribution in [0.3, 0.4) is 0 Å². The van der Waals surface area contributed by atoms with Crippen molar-refractivity contribution in [2.24, 2.45) is 5.92 Å². The third-order valence-corrected chi connectivity index (χ3v) is 4.12. The lowest BCUT2D eigenvalue weighted by atomic mass is 9.97. The Bertz CT molecular complexity index is 157. The third-order valence-electron chi connectivity index (χ3n) is 4.12. The van der Waals surface area contributed by atoms with E-state index in [0.717, 1.165) is 5.92 Å². The van der Waals surface area contributed by atoms with Gasteiger partial charge in [-0.1, -0.05) is 33.1 Å². The van der Waals surface area contributed by atoms with E-state index in [-0.39, 0.29) is 0 Å². The van der Waals surface area contributed by atoms with Crippen LogP contribution in [-0.4, -0.2) is 31.2 Å². The SMILES string of the molecule is CCCCCCC[N+]1(C)CCC(C)CC1. The fourth-order valence-electron chi connectivity index (χ4n) is 2.64. The van der Waals surface area contributed by atoms with E-state index in [9.17, 15) is 0 Å². The van der Waals surface area contributed by atoms with Crippen LogP contribution in [0, 0.1) is 5.92 Å². The van der Waals surface area contributed by atoms with Gasteiger partial charge in [-0.05, 0) is 31.6 Å². The Balaban J connectivity index is 2.08. The molecule has 90 valence electrons. The van der Waals surface area contributed by atoms with Crippen molar-refractivity contribution < 1.29 is 4.48 Å². The van der Waals surface area contributed by atoms with Crippen LogP contribution in [0.4, 0.5) is 0 Å². The maximum absolute atomic E-state index is 2.46. The zero-order valence-corrected chi connectivity index (χ0v) is 11.1. The van der Waals surface area contributed by atoms with Gasteiger partial charge in [-0.3, -0.25) is 0 Å². The van der Waals surface area contributed by atoms with Gasteiger partial charge in [0.1, 0.15) is 0 Å². The van der Waals surface area contributed by atoms with Crippen LogP contribution in [0.2, 0.25) is 0 Å².